The first kappa shape index (κ1) is 14.3. The standard InChI is InChI=1S/C16H20N2O2/c1-10-5-6-14(11(2)7-10)9-18-13(4)15(8-16(19)20)12(3)17-18/h5-7H,8-9H2,1-4H3,(H,19,20). The van der Waals surface area contributed by atoms with Gasteiger partial charge in [0, 0.05) is 11.3 Å². The molecule has 0 bridgehead atoms. The van der Waals surface area contributed by atoms with E-state index in [-0.39, 0.29) is 6.42 Å². The van der Waals surface area contributed by atoms with Gasteiger partial charge in [-0.2, -0.15) is 5.10 Å². The molecule has 0 unspecified atom stereocenters. The average Bonchev–Trinajstić information content (AvgIpc) is 2.60. The molecule has 20 heavy (non-hydrogen) atoms. The van der Waals surface area contributed by atoms with Gasteiger partial charge in [-0.1, -0.05) is 23.8 Å². The SMILES string of the molecule is Cc1ccc(Cn2nc(C)c(CC(=O)O)c2C)c(C)c1. The average molecular weight is 272 g/mol. The minimum Gasteiger partial charge on any atom is -0.481 e. The van der Waals surface area contributed by atoms with Gasteiger partial charge in [0.2, 0.25) is 0 Å². The van der Waals surface area contributed by atoms with Crippen molar-refractivity contribution in [2.45, 2.75) is 40.7 Å². The highest BCUT2D eigenvalue weighted by Crippen LogP contribution is 2.17. The summed E-state index contributed by atoms with van der Waals surface area (Å²) < 4.78 is 1.89. The molecule has 0 aliphatic heterocycles. The maximum absolute atomic E-state index is 10.9. The van der Waals surface area contributed by atoms with Crippen molar-refractivity contribution in [1.82, 2.24) is 9.78 Å². The summed E-state index contributed by atoms with van der Waals surface area (Å²) in [4.78, 5) is 10.9. The lowest BCUT2D eigenvalue weighted by atomic mass is 10.1. The Hall–Kier alpha value is -2.10. The topological polar surface area (TPSA) is 55.1 Å². The van der Waals surface area contributed by atoms with E-state index in [2.05, 4.69) is 37.1 Å². The van der Waals surface area contributed by atoms with Crippen molar-refractivity contribution >= 4 is 5.97 Å². The molecule has 1 aromatic carbocycles. The van der Waals surface area contributed by atoms with E-state index in [1.807, 2.05) is 18.5 Å². The van der Waals surface area contributed by atoms with E-state index in [0.29, 0.717) is 6.54 Å². The molecule has 1 aromatic heterocycles. The zero-order valence-corrected chi connectivity index (χ0v) is 12.4. The van der Waals surface area contributed by atoms with Gasteiger partial charge in [0.15, 0.2) is 0 Å². The molecule has 4 nitrogen and oxygen atoms in total. The molecule has 1 heterocycles. The van der Waals surface area contributed by atoms with Gasteiger partial charge in [-0.3, -0.25) is 9.48 Å². The van der Waals surface area contributed by atoms with Crippen molar-refractivity contribution in [1.29, 1.82) is 0 Å². The number of aromatic nitrogens is 2. The van der Waals surface area contributed by atoms with Gasteiger partial charge in [-0.25, -0.2) is 0 Å². The molecule has 0 aliphatic carbocycles. The lowest BCUT2D eigenvalue weighted by Crippen LogP contribution is -2.07. The van der Waals surface area contributed by atoms with Crippen molar-refractivity contribution < 1.29 is 9.90 Å². The number of hydrogen-bond acceptors (Lipinski definition) is 2. The third kappa shape index (κ3) is 2.90. The molecule has 4 heteroatoms. The van der Waals surface area contributed by atoms with Crippen LogP contribution in [0.4, 0.5) is 0 Å². The van der Waals surface area contributed by atoms with Crippen LogP contribution in [0.5, 0.6) is 0 Å². The quantitative estimate of drug-likeness (QED) is 0.931. The number of carboxylic acids is 1. The fourth-order valence-electron chi connectivity index (χ4n) is 2.48. The van der Waals surface area contributed by atoms with Crippen LogP contribution in [0.25, 0.3) is 0 Å². The molecule has 106 valence electrons. The van der Waals surface area contributed by atoms with Gasteiger partial charge in [0.25, 0.3) is 0 Å². The summed E-state index contributed by atoms with van der Waals surface area (Å²) in [5.41, 5.74) is 6.24. The van der Waals surface area contributed by atoms with Crippen molar-refractivity contribution in [2.75, 3.05) is 0 Å². The second-order valence-corrected chi connectivity index (χ2v) is 5.31. The molecular weight excluding hydrogens is 252 g/mol. The van der Waals surface area contributed by atoms with Crippen LogP contribution in [0.3, 0.4) is 0 Å². The molecule has 2 aromatic rings. The number of rotatable bonds is 4. The molecule has 0 aliphatic rings. The van der Waals surface area contributed by atoms with Crippen LogP contribution < -0.4 is 0 Å². The lowest BCUT2D eigenvalue weighted by molar-refractivity contribution is -0.136. The zero-order valence-electron chi connectivity index (χ0n) is 12.4. The number of carboxylic acid groups (broad SMARTS) is 1. The predicted molar refractivity (Wildman–Crippen MR) is 78.1 cm³/mol. The van der Waals surface area contributed by atoms with Crippen LogP contribution in [-0.2, 0) is 17.8 Å². The fraction of sp³-hybridized carbons (Fsp3) is 0.375. The summed E-state index contributed by atoms with van der Waals surface area (Å²) >= 11 is 0. The first-order valence-electron chi connectivity index (χ1n) is 6.69. The van der Waals surface area contributed by atoms with E-state index >= 15 is 0 Å². The van der Waals surface area contributed by atoms with E-state index in [1.54, 1.807) is 0 Å². The van der Waals surface area contributed by atoms with E-state index in [4.69, 9.17) is 5.11 Å². The van der Waals surface area contributed by atoms with Gasteiger partial charge in [0.05, 0.1) is 18.7 Å². The highest BCUT2D eigenvalue weighted by atomic mass is 16.4. The number of aliphatic carboxylic acids is 1. The third-order valence-corrected chi connectivity index (χ3v) is 3.68. The maximum Gasteiger partial charge on any atom is 0.307 e. The van der Waals surface area contributed by atoms with Crippen LogP contribution in [0.15, 0.2) is 18.2 Å². The van der Waals surface area contributed by atoms with Crippen LogP contribution in [-0.4, -0.2) is 20.9 Å². The fourth-order valence-corrected chi connectivity index (χ4v) is 2.48. The van der Waals surface area contributed by atoms with E-state index in [0.717, 1.165) is 17.0 Å². The Kier molecular flexibility index (Phi) is 3.93. The Morgan fingerprint density at radius 1 is 1.25 bits per heavy atom. The zero-order chi connectivity index (χ0) is 14.9. The molecular formula is C16H20N2O2. The summed E-state index contributed by atoms with van der Waals surface area (Å²) in [6.07, 6.45) is 0.0323. The lowest BCUT2D eigenvalue weighted by Gasteiger charge is -2.09. The normalized spacial score (nSPS) is 10.8. The smallest absolute Gasteiger partial charge is 0.307 e. The summed E-state index contributed by atoms with van der Waals surface area (Å²) in [6.45, 7) is 8.64. The van der Waals surface area contributed by atoms with Gasteiger partial charge >= 0.3 is 5.97 Å². The van der Waals surface area contributed by atoms with E-state index in [9.17, 15) is 4.79 Å². The van der Waals surface area contributed by atoms with Gasteiger partial charge < -0.3 is 5.11 Å². The van der Waals surface area contributed by atoms with Crippen molar-refractivity contribution in [3.63, 3.8) is 0 Å². The second-order valence-electron chi connectivity index (χ2n) is 5.31. The molecule has 0 spiro atoms. The molecule has 2 rings (SSSR count). The number of nitrogens with zero attached hydrogens (tertiary/aromatic N) is 2. The monoisotopic (exact) mass is 272 g/mol. The Morgan fingerprint density at radius 3 is 2.55 bits per heavy atom. The Bertz CT molecular complexity index is 657. The third-order valence-electron chi connectivity index (χ3n) is 3.68. The Morgan fingerprint density at radius 2 is 1.95 bits per heavy atom. The first-order chi connectivity index (χ1) is 9.38. The predicted octanol–water partition coefficient (Wildman–Crippen LogP) is 2.79. The number of aryl methyl sites for hydroxylation is 3. The van der Waals surface area contributed by atoms with Crippen LogP contribution in [0.2, 0.25) is 0 Å². The summed E-state index contributed by atoms with van der Waals surface area (Å²) in [5, 5.41) is 13.4. The largest absolute Gasteiger partial charge is 0.481 e. The van der Waals surface area contributed by atoms with Crippen molar-refractivity contribution in [3.05, 3.63) is 51.8 Å². The van der Waals surface area contributed by atoms with Crippen molar-refractivity contribution in [3.8, 4) is 0 Å². The molecule has 0 amide bonds. The second kappa shape index (κ2) is 5.49. The van der Waals surface area contributed by atoms with Crippen LogP contribution in [0, 0.1) is 27.7 Å². The number of carbonyl (C=O) groups is 1. The van der Waals surface area contributed by atoms with Gasteiger partial charge in [-0.05, 0) is 38.8 Å². The summed E-state index contributed by atoms with van der Waals surface area (Å²) in [6, 6.07) is 6.35. The number of benzene rings is 1. The van der Waals surface area contributed by atoms with Crippen LogP contribution in [0.1, 0.15) is 33.6 Å². The minimum absolute atomic E-state index is 0.0323. The van der Waals surface area contributed by atoms with E-state index < -0.39 is 5.97 Å². The molecule has 0 saturated heterocycles. The first-order valence-corrected chi connectivity index (χ1v) is 6.69. The maximum atomic E-state index is 10.9. The summed E-state index contributed by atoms with van der Waals surface area (Å²) in [7, 11) is 0. The molecule has 0 atom stereocenters. The minimum atomic E-state index is -0.817. The van der Waals surface area contributed by atoms with Crippen LogP contribution >= 0.6 is 0 Å². The Labute approximate surface area is 119 Å². The highest BCUT2D eigenvalue weighted by Gasteiger charge is 2.14. The van der Waals surface area contributed by atoms with Gasteiger partial charge in [-0.15, -0.1) is 0 Å². The van der Waals surface area contributed by atoms with Gasteiger partial charge in [0.1, 0.15) is 0 Å². The molecule has 1 N–H and O–H groups in total. The molecule has 0 fully saturated rings. The van der Waals surface area contributed by atoms with E-state index in [1.165, 1.54) is 16.7 Å². The molecule has 0 radical (unpaired) electrons. The Balaban J connectivity index is 2.32. The highest BCUT2D eigenvalue weighted by molar-refractivity contribution is 5.70. The molecule has 0 saturated carbocycles. The summed E-state index contributed by atoms with van der Waals surface area (Å²) in [5.74, 6) is -0.817. The van der Waals surface area contributed by atoms with Crippen molar-refractivity contribution in [2.24, 2.45) is 0 Å². The number of hydrogen-bond donors (Lipinski definition) is 1.